The Bertz CT molecular complexity index is 1110. The first-order chi connectivity index (χ1) is 13.2. The van der Waals surface area contributed by atoms with Gasteiger partial charge in [0.15, 0.2) is 11.5 Å². The van der Waals surface area contributed by atoms with Gasteiger partial charge in [0.1, 0.15) is 17.3 Å². The van der Waals surface area contributed by atoms with Gasteiger partial charge in [0, 0.05) is 24.2 Å². The van der Waals surface area contributed by atoms with Crippen LogP contribution < -0.4 is 4.72 Å². The summed E-state index contributed by atoms with van der Waals surface area (Å²) in [5.41, 5.74) is 0.563. The molecular weight excluding hydrogens is 389 g/mol. The summed E-state index contributed by atoms with van der Waals surface area (Å²) in [4.78, 5) is -0.380. The Hall–Kier alpha value is -3.30. The summed E-state index contributed by atoms with van der Waals surface area (Å²) in [6.45, 7) is -0.144. The van der Waals surface area contributed by atoms with Crippen molar-refractivity contribution in [3.05, 3.63) is 66.0 Å². The molecule has 0 aliphatic carbocycles. The molecule has 0 bridgehead atoms. The minimum Gasteiger partial charge on any atom is -0.508 e. The predicted octanol–water partition coefficient (Wildman–Crippen LogP) is 2.79. The normalized spacial score (nSPS) is 11.5. The molecule has 0 aromatic heterocycles. The third-order valence-corrected chi connectivity index (χ3v) is 5.40. The molecule has 5 N–H and O–H groups in total. The second-order valence-corrected chi connectivity index (χ2v) is 7.76. The van der Waals surface area contributed by atoms with Crippen LogP contribution in [-0.4, -0.2) is 28.8 Å². The smallest absolute Gasteiger partial charge is 0.241 e. The number of nitrogens with one attached hydrogen (secondary N) is 1. The molecule has 0 aliphatic rings. The zero-order valence-electron chi connectivity index (χ0n) is 14.3. The maximum Gasteiger partial charge on any atom is 0.241 e. The van der Waals surface area contributed by atoms with Crippen LogP contribution in [0, 0.1) is 5.82 Å². The van der Waals surface area contributed by atoms with Crippen LogP contribution in [-0.2, 0) is 16.6 Å². The lowest BCUT2D eigenvalue weighted by Crippen LogP contribution is -2.23. The Labute approximate surface area is 160 Å². The van der Waals surface area contributed by atoms with Gasteiger partial charge in [0.25, 0.3) is 0 Å². The molecule has 9 heteroatoms. The van der Waals surface area contributed by atoms with E-state index in [9.17, 15) is 33.2 Å². The van der Waals surface area contributed by atoms with E-state index >= 15 is 0 Å². The fourth-order valence-electron chi connectivity index (χ4n) is 2.61. The van der Waals surface area contributed by atoms with Gasteiger partial charge < -0.3 is 20.4 Å². The highest BCUT2D eigenvalue weighted by molar-refractivity contribution is 7.89. The van der Waals surface area contributed by atoms with Gasteiger partial charge in [-0.3, -0.25) is 0 Å². The number of benzene rings is 3. The maximum atomic E-state index is 13.0. The zero-order chi connectivity index (χ0) is 20.5. The largest absolute Gasteiger partial charge is 0.508 e. The molecule has 0 radical (unpaired) electrons. The Morgan fingerprint density at radius 1 is 0.821 bits per heavy atom. The van der Waals surface area contributed by atoms with E-state index in [0.717, 1.165) is 18.2 Å². The highest BCUT2D eigenvalue weighted by Gasteiger charge is 2.23. The molecule has 3 rings (SSSR count). The van der Waals surface area contributed by atoms with Crippen LogP contribution in [0.1, 0.15) is 5.56 Å². The lowest BCUT2D eigenvalue weighted by molar-refractivity contribution is 0.402. The van der Waals surface area contributed by atoms with Gasteiger partial charge in [0.2, 0.25) is 10.0 Å². The molecule has 0 saturated heterocycles. The summed E-state index contributed by atoms with van der Waals surface area (Å²) in [6, 6.07) is 10.5. The lowest BCUT2D eigenvalue weighted by atomic mass is 10.0. The number of sulfonamides is 1. The summed E-state index contributed by atoms with van der Waals surface area (Å²) in [6.07, 6.45) is 0. The van der Waals surface area contributed by atoms with Crippen molar-refractivity contribution in [2.45, 2.75) is 11.4 Å². The van der Waals surface area contributed by atoms with Gasteiger partial charge in [-0.15, -0.1) is 0 Å². The zero-order valence-corrected chi connectivity index (χ0v) is 15.1. The number of hydrogen-bond acceptors (Lipinski definition) is 6. The average Bonchev–Trinajstić information content (AvgIpc) is 2.62. The molecule has 0 fully saturated rings. The average molecular weight is 405 g/mol. The monoisotopic (exact) mass is 405 g/mol. The van der Waals surface area contributed by atoms with Crippen molar-refractivity contribution in [3.63, 3.8) is 0 Å². The summed E-state index contributed by atoms with van der Waals surface area (Å²) in [7, 11) is -4.19. The summed E-state index contributed by atoms with van der Waals surface area (Å²) in [5, 5.41) is 38.9. The molecule has 7 nitrogen and oxygen atoms in total. The fourth-order valence-corrected chi connectivity index (χ4v) is 3.86. The van der Waals surface area contributed by atoms with Crippen LogP contribution >= 0.6 is 0 Å². The van der Waals surface area contributed by atoms with Crippen LogP contribution in [0.2, 0.25) is 0 Å². The number of hydrogen-bond donors (Lipinski definition) is 5. The molecule has 3 aromatic carbocycles. The van der Waals surface area contributed by atoms with Crippen molar-refractivity contribution >= 4 is 10.0 Å². The van der Waals surface area contributed by atoms with E-state index < -0.39 is 27.3 Å². The third kappa shape index (κ3) is 4.16. The summed E-state index contributed by atoms with van der Waals surface area (Å²) in [5.74, 6) is -2.32. The predicted molar refractivity (Wildman–Crippen MR) is 99.0 cm³/mol. The summed E-state index contributed by atoms with van der Waals surface area (Å²) < 4.78 is 40.9. The SMILES string of the molecule is O=S(=O)(NCc1ccc(F)cc1)c1cc(O)c(O)cc1-c1cc(O)cc(O)c1. The molecule has 28 heavy (non-hydrogen) atoms. The second-order valence-electron chi connectivity index (χ2n) is 6.03. The van der Waals surface area contributed by atoms with Crippen LogP contribution in [0.3, 0.4) is 0 Å². The molecule has 146 valence electrons. The van der Waals surface area contributed by atoms with E-state index in [1.165, 1.54) is 36.4 Å². The molecule has 0 atom stereocenters. The van der Waals surface area contributed by atoms with E-state index in [4.69, 9.17) is 0 Å². The van der Waals surface area contributed by atoms with E-state index in [0.29, 0.717) is 5.56 Å². The Morgan fingerprint density at radius 3 is 2.00 bits per heavy atom. The minimum atomic E-state index is -4.19. The Kier molecular flexibility index (Phi) is 5.12. The topological polar surface area (TPSA) is 127 Å². The first-order valence-corrected chi connectivity index (χ1v) is 9.47. The van der Waals surface area contributed by atoms with Crippen molar-refractivity contribution in [1.29, 1.82) is 0 Å². The van der Waals surface area contributed by atoms with Crippen molar-refractivity contribution in [3.8, 4) is 34.1 Å². The molecule has 0 amide bonds. The van der Waals surface area contributed by atoms with Crippen LogP contribution in [0.15, 0.2) is 59.5 Å². The second kappa shape index (κ2) is 7.37. The van der Waals surface area contributed by atoms with E-state index in [1.807, 2.05) is 0 Å². The van der Waals surface area contributed by atoms with E-state index in [2.05, 4.69) is 4.72 Å². The fraction of sp³-hybridized carbons (Fsp3) is 0.0526. The first kappa shape index (κ1) is 19.5. The minimum absolute atomic E-state index is 0.0480. The van der Waals surface area contributed by atoms with Gasteiger partial charge >= 0.3 is 0 Å². The van der Waals surface area contributed by atoms with Crippen molar-refractivity contribution in [2.24, 2.45) is 0 Å². The molecule has 3 aromatic rings. The molecule has 0 unspecified atom stereocenters. The van der Waals surface area contributed by atoms with Gasteiger partial charge in [-0.25, -0.2) is 17.5 Å². The number of halogens is 1. The molecule has 0 aliphatic heterocycles. The van der Waals surface area contributed by atoms with Gasteiger partial charge in [-0.2, -0.15) is 0 Å². The molecule has 0 spiro atoms. The van der Waals surface area contributed by atoms with E-state index in [-0.39, 0.29) is 34.1 Å². The van der Waals surface area contributed by atoms with E-state index in [1.54, 1.807) is 0 Å². The quantitative estimate of drug-likeness (QED) is 0.416. The molecular formula is C19H16FNO6S. The van der Waals surface area contributed by atoms with Gasteiger partial charge in [-0.05, 0) is 41.5 Å². The Balaban J connectivity index is 2.04. The number of phenolic OH excluding ortho intramolecular Hbond substituents is 4. The Morgan fingerprint density at radius 2 is 1.39 bits per heavy atom. The van der Waals surface area contributed by atoms with Gasteiger partial charge in [0.05, 0.1) is 4.90 Å². The standard InChI is InChI=1S/C19H16FNO6S/c20-13-3-1-11(2-4-13)10-21-28(26,27)19-9-18(25)17(24)8-16(19)12-5-14(22)7-15(23)6-12/h1-9,21-25H,10H2. The first-order valence-electron chi connectivity index (χ1n) is 7.99. The van der Waals surface area contributed by atoms with Crippen molar-refractivity contribution < 1.29 is 33.2 Å². The third-order valence-electron chi connectivity index (χ3n) is 3.96. The highest BCUT2D eigenvalue weighted by Crippen LogP contribution is 2.39. The van der Waals surface area contributed by atoms with Crippen LogP contribution in [0.5, 0.6) is 23.0 Å². The molecule has 0 saturated carbocycles. The lowest BCUT2D eigenvalue weighted by Gasteiger charge is -2.14. The van der Waals surface area contributed by atoms with Gasteiger partial charge in [-0.1, -0.05) is 12.1 Å². The number of phenols is 4. The summed E-state index contributed by atoms with van der Waals surface area (Å²) >= 11 is 0. The maximum absolute atomic E-state index is 13.0. The highest BCUT2D eigenvalue weighted by atomic mass is 32.2. The number of rotatable bonds is 5. The van der Waals surface area contributed by atoms with Crippen molar-refractivity contribution in [1.82, 2.24) is 4.72 Å². The van der Waals surface area contributed by atoms with Crippen LogP contribution in [0.4, 0.5) is 4.39 Å². The molecule has 0 heterocycles. The number of aromatic hydroxyl groups is 4. The van der Waals surface area contributed by atoms with Crippen LogP contribution in [0.25, 0.3) is 11.1 Å². The van der Waals surface area contributed by atoms with Crippen molar-refractivity contribution in [2.75, 3.05) is 0 Å².